The lowest BCUT2D eigenvalue weighted by atomic mass is 10.3. The molecular formula is C10H9BrN2O2. The zero-order valence-electron chi connectivity index (χ0n) is 8.32. The summed E-state index contributed by atoms with van der Waals surface area (Å²) in [5.41, 5.74) is 2.19. The fraction of sp³-hybridized carbons (Fsp3) is 0.200. The number of esters is 1. The van der Waals surface area contributed by atoms with Gasteiger partial charge in [0.15, 0.2) is 5.69 Å². The molecule has 0 unspecified atom stereocenters. The summed E-state index contributed by atoms with van der Waals surface area (Å²) in [5, 5.41) is 0. The van der Waals surface area contributed by atoms with Crippen molar-refractivity contribution in [3.05, 3.63) is 34.2 Å². The number of aryl methyl sites for hydroxylation is 1. The molecular weight excluding hydrogens is 260 g/mol. The fourth-order valence-corrected chi connectivity index (χ4v) is 2.02. The number of rotatable bonds is 1. The van der Waals surface area contributed by atoms with Crippen LogP contribution in [0.2, 0.25) is 0 Å². The number of pyridine rings is 1. The molecule has 0 aliphatic heterocycles. The molecule has 5 heteroatoms. The largest absolute Gasteiger partial charge is 0.464 e. The number of halogens is 1. The van der Waals surface area contributed by atoms with Gasteiger partial charge in [-0.15, -0.1) is 0 Å². The lowest BCUT2D eigenvalue weighted by Gasteiger charge is -2.02. The molecule has 0 saturated carbocycles. The van der Waals surface area contributed by atoms with Crippen molar-refractivity contribution in [2.75, 3.05) is 7.11 Å². The average molecular weight is 269 g/mol. The van der Waals surface area contributed by atoms with Crippen LogP contribution in [-0.4, -0.2) is 22.5 Å². The minimum absolute atomic E-state index is 0.389. The van der Waals surface area contributed by atoms with Crippen LogP contribution in [0.1, 0.15) is 16.1 Å². The van der Waals surface area contributed by atoms with Gasteiger partial charge in [-0.1, -0.05) is 0 Å². The van der Waals surface area contributed by atoms with Gasteiger partial charge in [0.05, 0.1) is 13.3 Å². The van der Waals surface area contributed by atoms with E-state index in [0.717, 1.165) is 15.7 Å². The predicted molar refractivity (Wildman–Crippen MR) is 59.0 cm³/mol. The molecule has 0 N–H and O–H groups in total. The van der Waals surface area contributed by atoms with E-state index in [1.54, 1.807) is 10.6 Å². The van der Waals surface area contributed by atoms with Gasteiger partial charge in [0, 0.05) is 10.7 Å². The molecule has 0 saturated heterocycles. The Balaban J connectivity index is 2.74. The number of carbonyl (C=O) groups excluding carboxylic acids is 1. The number of carbonyl (C=O) groups is 1. The van der Waals surface area contributed by atoms with E-state index >= 15 is 0 Å². The van der Waals surface area contributed by atoms with Gasteiger partial charge in [0.25, 0.3) is 0 Å². The molecule has 2 rings (SSSR count). The molecule has 15 heavy (non-hydrogen) atoms. The molecule has 0 radical (unpaired) electrons. The Morgan fingerprint density at radius 2 is 2.33 bits per heavy atom. The molecule has 2 heterocycles. The molecule has 2 aromatic heterocycles. The van der Waals surface area contributed by atoms with Crippen LogP contribution in [0.5, 0.6) is 0 Å². The van der Waals surface area contributed by atoms with Crippen molar-refractivity contribution in [1.82, 2.24) is 9.38 Å². The van der Waals surface area contributed by atoms with Crippen molar-refractivity contribution < 1.29 is 9.53 Å². The van der Waals surface area contributed by atoms with Crippen molar-refractivity contribution in [3.63, 3.8) is 0 Å². The van der Waals surface area contributed by atoms with Gasteiger partial charge in [-0.2, -0.15) is 0 Å². The van der Waals surface area contributed by atoms with Gasteiger partial charge in [-0.3, -0.25) is 4.40 Å². The second-order valence-corrected chi connectivity index (χ2v) is 4.09. The zero-order chi connectivity index (χ0) is 11.0. The highest BCUT2D eigenvalue weighted by molar-refractivity contribution is 9.10. The summed E-state index contributed by atoms with van der Waals surface area (Å²) in [6.45, 7) is 1.94. The van der Waals surface area contributed by atoms with E-state index in [2.05, 4.69) is 25.7 Å². The van der Waals surface area contributed by atoms with Crippen LogP contribution in [0.25, 0.3) is 5.65 Å². The third-order valence-corrected chi connectivity index (χ3v) is 2.58. The summed E-state index contributed by atoms with van der Waals surface area (Å²) >= 11 is 3.37. The smallest absolute Gasteiger partial charge is 0.356 e. The maximum atomic E-state index is 11.4. The Labute approximate surface area is 95.0 Å². The normalized spacial score (nSPS) is 10.6. The van der Waals surface area contributed by atoms with E-state index < -0.39 is 0 Å². The molecule has 0 amide bonds. The summed E-state index contributed by atoms with van der Waals surface area (Å²) < 4.78 is 7.28. The molecule has 0 atom stereocenters. The summed E-state index contributed by atoms with van der Waals surface area (Å²) in [7, 11) is 1.35. The SMILES string of the molecule is COC(=O)c1cnc2c(C)cc(Br)cn12. The number of fused-ring (bicyclic) bond motifs is 1. The first kappa shape index (κ1) is 10.2. The second-order valence-electron chi connectivity index (χ2n) is 3.17. The molecule has 0 aliphatic carbocycles. The van der Waals surface area contributed by atoms with Gasteiger partial charge in [-0.25, -0.2) is 9.78 Å². The van der Waals surface area contributed by atoms with Gasteiger partial charge in [0.2, 0.25) is 0 Å². The summed E-state index contributed by atoms with van der Waals surface area (Å²) in [6, 6.07) is 1.95. The Morgan fingerprint density at radius 3 is 3.00 bits per heavy atom. The van der Waals surface area contributed by atoms with E-state index in [9.17, 15) is 4.79 Å². The molecule has 0 spiro atoms. The number of hydrogen-bond acceptors (Lipinski definition) is 3. The zero-order valence-corrected chi connectivity index (χ0v) is 9.91. The van der Waals surface area contributed by atoms with Crippen LogP contribution in [0.15, 0.2) is 22.9 Å². The molecule has 0 bridgehead atoms. The van der Waals surface area contributed by atoms with Gasteiger partial charge in [-0.05, 0) is 34.5 Å². The monoisotopic (exact) mass is 268 g/mol. The highest BCUT2D eigenvalue weighted by Crippen LogP contribution is 2.18. The predicted octanol–water partition coefficient (Wildman–Crippen LogP) is 2.19. The summed E-state index contributed by atoms with van der Waals surface area (Å²) in [4.78, 5) is 15.6. The van der Waals surface area contributed by atoms with Crippen molar-refractivity contribution >= 4 is 27.5 Å². The average Bonchev–Trinajstić information content (AvgIpc) is 2.60. The molecule has 0 fully saturated rings. The highest BCUT2D eigenvalue weighted by atomic mass is 79.9. The van der Waals surface area contributed by atoms with Crippen molar-refractivity contribution in [2.45, 2.75) is 6.92 Å². The third-order valence-electron chi connectivity index (χ3n) is 2.15. The molecule has 0 aromatic carbocycles. The number of imidazole rings is 1. The number of ether oxygens (including phenoxy) is 1. The van der Waals surface area contributed by atoms with E-state index in [0.29, 0.717) is 5.69 Å². The van der Waals surface area contributed by atoms with Crippen LogP contribution >= 0.6 is 15.9 Å². The maximum absolute atomic E-state index is 11.4. The van der Waals surface area contributed by atoms with Crippen LogP contribution < -0.4 is 0 Å². The summed E-state index contributed by atoms with van der Waals surface area (Å²) in [5.74, 6) is -0.389. The number of hydrogen-bond donors (Lipinski definition) is 0. The maximum Gasteiger partial charge on any atom is 0.356 e. The Kier molecular flexibility index (Phi) is 2.48. The first-order valence-electron chi connectivity index (χ1n) is 4.35. The molecule has 2 aromatic rings. The van der Waals surface area contributed by atoms with Crippen LogP contribution in [0.4, 0.5) is 0 Å². The lowest BCUT2D eigenvalue weighted by molar-refractivity contribution is 0.0593. The quantitative estimate of drug-likeness (QED) is 0.745. The van der Waals surface area contributed by atoms with Crippen LogP contribution in [-0.2, 0) is 4.74 Å². The molecule has 78 valence electrons. The Bertz CT molecular complexity index is 533. The second kappa shape index (κ2) is 3.66. The van der Waals surface area contributed by atoms with E-state index in [1.165, 1.54) is 13.3 Å². The third kappa shape index (κ3) is 1.63. The topological polar surface area (TPSA) is 43.6 Å². The van der Waals surface area contributed by atoms with E-state index in [-0.39, 0.29) is 5.97 Å². The summed E-state index contributed by atoms with van der Waals surface area (Å²) in [6.07, 6.45) is 3.31. The number of nitrogens with zero attached hydrogens (tertiary/aromatic N) is 2. The fourth-order valence-electron chi connectivity index (χ4n) is 1.47. The first-order chi connectivity index (χ1) is 7.13. The van der Waals surface area contributed by atoms with Crippen molar-refractivity contribution in [2.24, 2.45) is 0 Å². The van der Waals surface area contributed by atoms with Gasteiger partial charge in [0.1, 0.15) is 5.65 Å². The van der Waals surface area contributed by atoms with E-state index in [4.69, 9.17) is 0 Å². The highest BCUT2D eigenvalue weighted by Gasteiger charge is 2.13. The Hall–Kier alpha value is -1.36. The minimum Gasteiger partial charge on any atom is -0.464 e. The van der Waals surface area contributed by atoms with E-state index in [1.807, 2.05) is 13.0 Å². The van der Waals surface area contributed by atoms with Crippen LogP contribution in [0, 0.1) is 6.92 Å². The standard InChI is InChI=1S/C10H9BrN2O2/c1-6-3-7(11)5-13-8(10(14)15-2)4-12-9(6)13/h3-5H,1-2H3. The lowest BCUT2D eigenvalue weighted by Crippen LogP contribution is -2.05. The van der Waals surface area contributed by atoms with Crippen LogP contribution in [0.3, 0.4) is 0 Å². The van der Waals surface area contributed by atoms with Crippen molar-refractivity contribution in [1.29, 1.82) is 0 Å². The van der Waals surface area contributed by atoms with Gasteiger partial charge >= 0.3 is 5.97 Å². The number of methoxy groups -OCH3 is 1. The van der Waals surface area contributed by atoms with Crippen molar-refractivity contribution in [3.8, 4) is 0 Å². The minimum atomic E-state index is -0.389. The molecule has 0 aliphatic rings. The first-order valence-corrected chi connectivity index (χ1v) is 5.14. The Morgan fingerprint density at radius 1 is 1.60 bits per heavy atom. The molecule has 4 nitrogen and oxygen atoms in total. The van der Waals surface area contributed by atoms with Gasteiger partial charge < -0.3 is 4.74 Å². The number of aromatic nitrogens is 2.